The van der Waals surface area contributed by atoms with Gasteiger partial charge in [0.1, 0.15) is 0 Å². The van der Waals surface area contributed by atoms with Crippen LogP contribution in [0.3, 0.4) is 0 Å². The van der Waals surface area contributed by atoms with Crippen LogP contribution in [0.5, 0.6) is 0 Å². The van der Waals surface area contributed by atoms with E-state index in [1.54, 1.807) is 0 Å². The molecule has 68 valence electrons. The fourth-order valence-electron chi connectivity index (χ4n) is 1.31. The number of rotatable bonds is 6. The summed E-state index contributed by atoms with van der Waals surface area (Å²) < 4.78 is 0. The van der Waals surface area contributed by atoms with E-state index in [0.29, 0.717) is 6.04 Å². The Kier molecular flexibility index (Phi) is 7.18. The molecule has 0 saturated carbocycles. The van der Waals surface area contributed by atoms with E-state index < -0.39 is 0 Å². The van der Waals surface area contributed by atoms with Crippen molar-refractivity contribution in [2.24, 2.45) is 5.92 Å². The number of thioether (sulfide) groups is 1. The molecule has 1 N–H and O–H groups in total. The molecule has 2 heteroatoms. The van der Waals surface area contributed by atoms with Crippen LogP contribution in [0.15, 0.2) is 0 Å². The van der Waals surface area contributed by atoms with Gasteiger partial charge in [0.2, 0.25) is 0 Å². The zero-order valence-corrected chi connectivity index (χ0v) is 9.00. The predicted octanol–water partition coefficient (Wildman–Crippen LogP) is 2.37. The smallest absolute Gasteiger partial charge is 0.00641 e. The number of hydrogen-bond acceptors (Lipinski definition) is 2. The lowest BCUT2D eigenvalue weighted by Gasteiger charge is -2.21. The lowest BCUT2D eigenvalue weighted by atomic mass is 9.96. The molecular weight excluding hydrogens is 154 g/mol. The Morgan fingerprint density at radius 3 is 2.45 bits per heavy atom. The summed E-state index contributed by atoms with van der Waals surface area (Å²) in [6.45, 7) is 4.55. The van der Waals surface area contributed by atoms with Crippen LogP contribution in [0.2, 0.25) is 0 Å². The van der Waals surface area contributed by atoms with Crippen LogP contribution in [-0.4, -0.2) is 25.1 Å². The molecule has 0 aliphatic carbocycles. The molecule has 0 fully saturated rings. The van der Waals surface area contributed by atoms with Crippen molar-refractivity contribution in [2.45, 2.75) is 32.7 Å². The van der Waals surface area contributed by atoms with E-state index in [1.807, 2.05) is 18.8 Å². The molecule has 0 radical (unpaired) electrons. The largest absolute Gasteiger partial charge is 0.317 e. The second-order valence-corrected chi connectivity index (χ2v) is 4.01. The maximum Gasteiger partial charge on any atom is 0.00641 e. The van der Waals surface area contributed by atoms with E-state index >= 15 is 0 Å². The third-order valence-electron chi connectivity index (χ3n) is 2.38. The van der Waals surface area contributed by atoms with Crippen LogP contribution in [0, 0.1) is 5.92 Å². The van der Waals surface area contributed by atoms with E-state index in [1.165, 1.54) is 18.6 Å². The summed E-state index contributed by atoms with van der Waals surface area (Å²) in [6.07, 6.45) is 4.82. The molecule has 1 nitrogen and oxygen atoms in total. The van der Waals surface area contributed by atoms with Crippen molar-refractivity contribution in [1.29, 1.82) is 0 Å². The molecule has 0 spiro atoms. The third kappa shape index (κ3) is 4.70. The molecule has 2 atom stereocenters. The first-order valence-electron chi connectivity index (χ1n) is 4.42. The van der Waals surface area contributed by atoms with Gasteiger partial charge in [-0.25, -0.2) is 0 Å². The molecule has 0 aromatic heterocycles. The fourth-order valence-corrected chi connectivity index (χ4v) is 1.85. The molecule has 0 aliphatic rings. The molecule has 0 aliphatic heterocycles. The lowest BCUT2D eigenvalue weighted by Crippen LogP contribution is -2.30. The Hall–Kier alpha value is 0.310. The van der Waals surface area contributed by atoms with Gasteiger partial charge in [0.15, 0.2) is 0 Å². The SMILES string of the molecule is CCC(CCSC)C(C)NC. The van der Waals surface area contributed by atoms with E-state index in [-0.39, 0.29) is 0 Å². The van der Waals surface area contributed by atoms with Crippen molar-refractivity contribution in [3.8, 4) is 0 Å². The zero-order chi connectivity index (χ0) is 8.69. The van der Waals surface area contributed by atoms with Gasteiger partial charge in [-0.3, -0.25) is 0 Å². The minimum Gasteiger partial charge on any atom is -0.317 e. The fraction of sp³-hybridized carbons (Fsp3) is 1.00. The van der Waals surface area contributed by atoms with Crippen LogP contribution in [-0.2, 0) is 0 Å². The standard InChI is InChI=1S/C9H21NS/c1-5-9(6-7-11-4)8(2)10-3/h8-10H,5-7H2,1-4H3. The average molecular weight is 175 g/mol. The first-order valence-corrected chi connectivity index (χ1v) is 5.81. The van der Waals surface area contributed by atoms with Crippen molar-refractivity contribution in [2.75, 3.05) is 19.1 Å². The monoisotopic (exact) mass is 175 g/mol. The molecule has 0 rings (SSSR count). The molecule has 0 aromatic carbocycles. The number of nitrogens with one attached hydrogen (secondary N) is 1. The van der Waals surface area contributed by atoms with Gasteiger partial charge in [0.25, 0.3) is 0 Å². The van der Waals surface area contributed by atoms with Crippen LogP contribution in [0.25, 0.3) is 0 Å². The van der Waals surface area contributed by atoms with E-state index in [4.69, 9.17) is 0 Å². The van der Waals surface area contributed by atoms with Gasteiger partial charge in [-0.2, -0.15) is 11.8 Å². The lowest BCUT2D eigenvalue weighted by molar-refractivity contribution is 0.375. The highest BCUT2D eigenvalue weighted by atomic mass is 32.2. The topological polar surface area (TPSA) is 12.0 Å². The first-order chi connectivity index (χ1) is 5.26. The highest BCUT2D eigenvalue weighted by Gasteiger charge is 2.12. The van der Waals surface area contributed by atoms with Gasteiger partial charge >= 0.3 is 0 Å². The van der Waals surface area contributed by atoms with Gasteiger partial charge in [-0.15, -0.1) is 0 Å². The Labute approximate surface area is 75.3 Å². The van der Waals surface area contributed by atoms with Gasteiger partial charge in [0.05, 0.1) is 0 Å². The summed E-state index contributed by atoms with van der Waals surface area (Å²) in [5, 5.41) is 3.32. The van der Waals surface area contributed by atoms with Crippen molar-refractivity contribution >= 4 is 11.8 Å². The minimum atomic E-state index is 0.673. The van der Waals surface area contributed by atoms with Crippen molar-refractivity contribution in [3.63, 3.8) is 0 Å². The van der Waals surface area contributed by atoms with Crippen LogP contribution in [0.4, 0.5) is 0 Å². The van der Waals surface area contributed by atoms with Crippen LogP contribution in [0.1, 0.15) is 26.7 Å². The zero-order valence-electron chi connectivity index (χ0n) is 8.18. The van der Waals surface area contributed by atoms with Gasteiger partial charge < -0.3 is 5.32 Å². The van der Waals surface area contributed by atoms with E-state index in [0.717, 1.165) is 5.92 Å². The molecule has 11 heavy (non-hydrogen) atoms. The molecule has 2 unspecified atom stereocenters. The second-order valence-electron chi connectivity index (χ2n) is 3.03. The summed E-state index contributed by atoms with van der Waals surface area (Å²) in [5.41, 5.74) is 0. The van der Waals surface area contributed by atoms with Gasteiger partial charge in [-0.05, 0) is 38.3 Å². The molecular formula is C9H21NS. The van der Waals surface area contributed by atoms with E-state index in [9.17, 15) is 0 Å². The summed E-state index contributed by atoms with van der Waals surface area (Å²) in [4.78, 5) is 0. The summed E-state index contributed by atoms with van der Waals surface area (Å²) in [6, 6.07) is 0.673. The van der Waals surface area contributed by atoms with E-state index in [2.05, 4.69) is 25.4 Å². The highest BCUT2D eigenvalue weighted by Crippen LogP contribution is 2.15. The Bertz CT molecular complexity index is 85.6. The minimum absolute atomic E-state index is 0.673. The maximum absolute atomic E-state index is 3.32. The summed E-state index contributed by atoms with van der Waals surface area (Å²) in [7, 11) is 2.05. The third-order valence-corrected chi connectivity index (χ3v) is 3.02. The maximum atomic E-state index is 3.32. The summed E-state index contributed by atoms with van der Waals surface area (Å²) in [5.74, 6) is 2.15. The molecule has 0 aromatic rings. The molecule has 0 bridgehead atoms. The Morgan fingerprint density at radius 1 is 1.45 bits per heavy atom. The molecule has 0 amide bonds. The Morgan fingerprint density at radius 2 is 2.09 bits per heavy atom. The first kappa shape index (κ1) is 11.3. The molecule has 0 saturated heterocycles. The highest BCUT2D eigenvalue weighted by molar-refractivity contribution is 7.98. The van der Waals surface area contributed by atoms with Crippen LogP contribution < -0.4 is 5.32 Å². The quantitative estimate of drug-likeness (QED) is 0.665. The Balaban J connectivity index is 3.56. The average Bonchev–Trinajstić information content (AvgIpc) is 2.05. The normalized spacial score (nSPS) is 16.4. The van der Waals surface area contributed by atoms with Gasteiger partial charge in [0, 0.05) is 6.04 Å². The second kappa shape index (κ2) is 6.99. The van der Waals surface area contributed by atoms with Crippen molar-refractivity contribution in [1.82, 2.24) is 5.32 Å². The summed E-state index contributed by atoms with van der Waals surface area (Å²) >= 11 is 1.95. The predicted molar refractivity (Wildman–Crippen MR) is 55.3 cm³/mol. The molecule has 0 heterocycles. The van der Waals surface area contributed by atoms with Crippen LogP contribution >= 0.6 is 11.8 Å². The van der Waals surface area contributed by atoms with Gasteiger partial charge in [-0.1, -0.05) is 13.3 Å². The van der Waals surface area contributed by atoms with Crippen molar-refractivity contribution < 1.29 is 0 Å². The van der Waals surface area contributed by atoms with Crippen molar-refractivity contribution in [3.05, 3.63) is 0 Å². The number of hydrogen-bond donors (Lipinski definition) is 1.